The molecule has 5 nitrogen and oxygen atoms in total. The molecule has 6 heteroatoms. The Hall–Kier alpha value is -0.950. The molecule has 20 heavy (non-hydrogen) atoms. The molecular formula is C14H20O5S. The molecule has 0 aliphatic carbocycles. The summed E-state index contributed by atoms with van der Waals surface area (Å²) in [7, 11) is -3.82. The first-order valence-electron chi connectivity index (χ1n) is 6.68. The Balaban J connectivity index is 2.22. The van der Waals surface area contributed by atoms with Crippen molar-refractivity contribution in [1.82, 2.24) is 0 Å². The molecule has 2 rings (SSSR count). The predicted molar refractivity (Wildman–Crippen MR) is 73.9 cm³/mol. The number of aliphatic hydroxyl groups excluding tert-OH is 1. The van der Waals surface area contributed by atoms with Gasteiger partial charge in [0.2, 0.25) is 0 Å². The summed E-state index contributed by atoms with van der Waals surface area (Å²) >= 11 is 0. The van der Waals surface area contributed by atoms with Gasteiger partial charge < -0.3 is 9.84 Å². The van der Waals surface area contributed by atoms with Gasteiger partial charge in [0.05, 0.1) is 10.5 Å². The van der Waals surface area contributed by atoms with Gasteiger partial charge in [0.1, 0.15) is 0 Å². The van der Waals surface area contributed by atoms with Gasteiger partial charge in [0.15, 0.2) is 0 Å². The smallest absolute Gasteiger partial charge is 0.297 e. The van der Waals surface area contributed by atoms with Crippen LogP contribution in [0.25, 0.3) is 0 Å². The number of aryl methyl sites for hydroxylation is 1. The number of ether oxygens (including phenoxy) is 1. The van der Waals surface area contributed by atoms with Crippen LogP contribution in [-0.2, 0) is 19.0 Å². The molecule has 0 unspecified atom stereocenters. The normalized spacial score (nSPS) is 18.9. The summed E-state index contributed by atoms with van der Waals surface area (Å²) < 4.78 is 35.4. The molecular weight excluding hydrogens is 280 g/mol. The second-order valence-corrected chi connectivity index (χ2v) is 6.67. The zero-order valence-corrected chi connectivity index (χ0v) is 12.4. The van der Waals surface area contributed by atoms with Crippen LogP contribution in [-0.4, -0.2) is 38.9 Å². The summed E-state index contributed by atoms with van der Waals surface area (Å²) in [5.41, 5.74) is 0.136. The second kappa shape index (κ2) is 6.22. The van der Waals surface area contributed by atoms with Crippen molar-refractivity contribution in [3.05, 3.63) is 29.8 Å². The van der Waals surface area contributed by atoms with E-state index in [1.165, 1.54) is 12.1 Å². The molecule has 0 aromatic heterocycles. The standard InChI is InChI=1S/C14H20O5S/c1-12-2-4-13(5-3-12)20(16,17)19-14(6-9-15)7-10-18-11-8-14/h2-5,15H,6-11H2,1H3. The zero-order chi connectivity index (χ0) is 14.6. The zero-order valence-electron chi connectivity index (χ0n) is 11.5. The number of hydrogen-bond donors (Lipinski definition) is 1. The summed E-state index contributed by atoms with van der Waals surface area (Å²) in [6, 6.07) is 6.55. The van der Waals surface area contributed by atoms with Crippen molar-refractivity contribution in [1.29, 1.82) is 0 Å². The summed E-state index contributed by atoms with van der Waals surface area (Å²) in [6.07, 6.45) is 1.23. The van der Waals surface area contributed by atoms with Crippen LogP contribution in [0, 0.1) is 6.92 Å². The van der Waals surface area contributed by atoms with Gasteiger partial charge in [-0.15, -0.1) is 0 Å². The van der Waals surface area contributed by atoms with E-state index < -0.39 is 15.7 Å². The number of hydrogen-bond acceptors (Lipinski definition) is 5. The van der Waals surface area contributed by atoms with Crippen LogP contribution >= 0.6 is 0 Å². The van der Waals surface area contributed by atoms with Gasteiger partial charge in [-0.25, -0.2) is 0 Å². The van der Waals surface area contributed by atoms with Crippen LogP contribution in [0.3, 0.4) is 0 Å². The second-order valence-electron chi connectivity index (χ2n) is 5.12. The van der Waals surface area contributed by atoms with Gasteiger partial charge in [0.25, 0.3) is 10.1 Å². The highest BCUT2D eigenvalue weighted by Crippen LogP contribution is 2.32. The Kier molecular flexibility index (Phi) is 4.80. The molecule has 0 saturated carbocycles. The molecule has 1 aliphatic rings. The lowest BCUT2D eigenvalue weighted by atomic mass is 9.91. The van der Waals surface area contributed by atoms with Gasteiger partial charge in [-0.2, -0.15) is 8.42 Å². The molecule has 112 valence electrons. The Morgan fingerprint density at radius 2 is 1.85 bits per heavy atom. The van der Waals surface area contributed by atoms with Gasteiger partial charge in [-0.1, -0.05) is 17.7 Å². The quantitative estimate of drug-likeness (QED) is 0.837. The van der Waals surface area contributed by atoms with Crippen LogP contribution in [0.5, 0.6) is 0 Å². The van der Waals surface area contributed by atoms with Crippen LogP contribution in [0.2, 0.25) is 0 Å². The van der Waals surface area contributed by atoms with E-state index >= 15 is 0 Å². The van der Waals surface area contributed by atoms with Crippen molar-refractivity contribution in [2.75, 3.05) is 19.8 Å². The van der Waals surface area contributed by atoms with E-state index in [0.29, 0.717) is 32.5 Å². The lowest BCUT2D eigenvalue weighted by Gasteiger charge is -2.35. The maximum absolute atomic E-state index is 12.3. The molecule has 0 amide bonds. The van der Waals surface area contributed by atoms with Crippen molar-refractivity contribution in [3.8, 4) is 0 Å². The average Bonchev–Trinajstić information content (AvgIpc) is 2.39. The van der Waals surface area contributed by atoms with Crippen molar-refractivity contribution in [3.63, 3.8) is 0 Å². The van der Waals surface area contributed by atoms with Gasteiger partial charge in [0, 0.05) is 39.1 Å². The monoisotopic (exact) mass is 300 g/mol. The molecule has 1 aliphatic heterocycles. The number of benzene rings is 1. The first-order chi connectivity index (χ1) is 9.47. The van der Waals surface area contributed by atoms with E-state index in [4.69, 9.17) is 8.92 Å². The molecule has 0 spiro atoms. The maximum atomic E-state index is 12.3. The van der Waals surface area contributed by atoms with Crippen molar-refractivity contribution in [2.45, 2.75) is 36.7 Å². The summed E-state index contributed by atoms with van der Waals surface area (Å²) in [4.78, 5) is 0.145. The fourth-order valence-corrected chi connectivity index (χ4v) is 3.59. The third-order valence-electron chi connectivity index (χ3n) is 3.57. The fourth-order valence-electron chi connectivity index (χ4n) is 2.31. The number of aliphatic hydroxyl groups is 1. The molecule has 1 fully saturated rings. The molecule has 1 saturated heterocycles. The third kappa shape index (κ3) is 3.58. The lowest BCUT2D eigenvalue weighted by Crippen LogP contribution is -2.41. The molecule has 1 aromatic carbocycles. The van der Waals surface area contributed by atoms with Crippen molar-refractivity contribution >= 4 is 10.1 Å². The summed E-state index contributed by atoms with van der Waals surface area (Å²) in [5, 5.41) is 9.17. The molecule has 1 aromatic rings. The minimum Gasteiger partial charge on any atom is -0.396 e. The molecule has 1 N–H and O–H groups in total. The largest absolute Gasteiger partial charge is 0.396 e. The SMILES string of the molecule is Cc1ccc(S(=O)(=O)OC2(CCO)CCOCC2)cc1. The first-order valence-corrected chi connectivity index (χ1v) is 8.09. The first kappa shape index (κ1) is 15.4. The van der Waals surface area contributed by atoms with E-state index in [9.17, 15) is 13.5 Å². The third-order valence-corrected chi connectivity index (χ3v) is 4.99. The molecule has 0 atom stereocenters. The van der Waals surface area contributed by atoms with Crippen LogP contribution in [0.4, 0.5) is 0 Å². The summed E-state index contributed by atoms with van der Waals surface area (Å²) in [5.74, 6) is 0. The molecule has 1 heterocycles. The minimum atomic E-state index is -3.82. The topological polar surface area (TPSA) is 72.8 Å². The lowest BCUT2D eigenvalue weighted by molar-refractivity contribution is -0.0536. The van der Waals surface area contributed by atoms with E-state index in [0.717, 1.165) is 5.56 Å². The summed E-state index contributed by atoms with van der Waals surface area (Å²) in [6.45, 7) is 2.68. The maximum Gasteiger partial charge on any atom is 0.297 e. The Bertz CT molecular complexity index is 524. The van der Waals surface area contributed by atoms with Crippen LogP contribution in [0.15, 0.2) is 29.2 Å². The predicted octanol–water partition coefficient (Wildman–Crippen LogP) is 1.63. The van der Waals surface area contributed by atoms with E-state index in [-0.39, 0.29) is 11.5 Å². The van der Waals surface area contributed by atoms with Gasteiger partial charge in [-0.05, 0) is 19.1 Å². The van der Waals surface area contributed by atoms with Crippen LogP contribution in [0.1, 0.15) is 24.8 Å². The van der Waals surface area contributed by atoms with Crippen molar-refractivity contribution in [2.24, 2.45) is 0 Å². The van der Waals surface area contributed by atoms with E-state index in [1.54, 1.807) is 12.1 Å². The highest BCUT2D eigenvalue weighted by molar-refractivity contribution is 7.86. The Labute approximate surface area is 119 Å². The Morgan fingerprint density at radius 1 is 1.25 bits per heavy atom. The van der Waals surface area contributed by atoms with E-state index in [1.807, 2.05) is 6.92 Å². The Morgan fingerprint density at radius 3 is 2.40 bits per heavy atom. The fraction of sp³-hybridized carbons (Fsp3) is 0.571. The van der Waals surface area contributed by atoms with Gasteiger partial charge >= 0.3 is 0 Å². The average molecular weight is 300 g/mol. The molecule has 0 bridgehead atoms. The molecule has 0 radical (unpaired) electrons. The van der Waals surface area contributed by atoms with Crippen LogP contribution < -0.4 is 0 Å². The van der Waals surface area contributed by atoms with E-state index in [2.05, 4.69) is 0 Å². The van der Waals surface area contributed by atoms with Crippen molar-refractivity contribution < 1.29 is 22.4 Å². The highest BCUT2D eigenvalue weighted by Gasteiger charge is 2.38. The number of rotatable bonds is 5. The highest BCUT2D eigenvalue weighted by atomic mass is 32.2. The van der Waals surface area contributed by atoms with Gasteiger partial charge in [-0.3, -0.25) is 4.18 Å². The minimum absolute atomic E-state index is 0.108.